The van der Waals surface area contributed by atoms with Crippen LogP contribution in [0.15, 0.2) is 29.3 Å². The third-order valence-corrected chi connectivity index (χ3v) is 2.75. The van der Waals surface area contributed by atoms with Crippen LogP contribution in [-0.2, 0) is 23.9 Å². The van der Waals surface area contributed by atoms with Crippen LogP contribution in [0.4, 0.5) is 5.69 Å². The summed E-state index contributed by atoms with van der Waals surface area (Å²) in [6.07, 6.45) is 0.282. The van der Waals surface area contributed by atoms with Crippen molar-refractivity contribution < 1.29 is 28.8 Å². The van der Waals surface area contributed by atoms with Crippen LogP contribution in [0.1, 0.15) is 25.5 Å². The monoisotopic (exact) mass is 322 g/mol. The number of hydrogen-bond acceptors (Lipinski definition) is 8. The summed E-state index contributed by atoms with van der Waals surface area (Å²) in [6.45, 7) is 2.03. The number of nitro benzene ring substituents is 1. The first-order chi connectivity index (χ1) is 10.8. The summed E-state index contributed by atoms with van der Waals surface area (Å²) in [7, 11) is 0. The predicted octanol–water partition coefficient (Wildman–Crippen LogP) is 1.47. The first-order valence-electron chi connectivity index (χ1n) is 6.47. The Kier molecular flexibility index (Phi) is 6.57. The van der Waals surface area contributed by atoms with Gasteiger partial charge in [0.2, 0.25) is 6.08 Å². The summed E-state index contributed by atoms with van der Waals surface area (Å²) >= 11 is 0. The first kappa shape index (κ1) is 18.0. The van der Waals surface area contributed by atoms with Gasteiger partial charge in [-0.1, -0.05) is 0 Å². The minimum absolute atomic E-state index is 0.147. The maximum Gasteiger partial charge on any atom is 0.303 e. The van der Waals surface area contributed by atoms with Gasteiger partial charge in [-0.25, -0.2) is 4.79 Å². The van der Waals surface area contributed by atoms with Crippen molar-refractivity contribution >= 4 is 23.7 Å². The van der Waals surface area contributed by atoms with Crippen molar-refractivity contribution in [3.05, 3.63) is 39.9 Å². The van der Waals surface area contributed by atoms with E-state index in [0.29, 0.717) is 5.56 Å². The fourth-order valence-corrected chi connectivity index (χ4v) is 1.80. The highest BCUT2D eigenvalue weighted by molar-refractivity contribution is 5.67. The molecule has 0 saturated heterocycles. The van der Waals surface area contributed by atoms with Crippen molar-refractivity contribution in [2.75, 3.05) is 6.61 Å². The number of carbonyl (C=O) groups is 2. The minimum atomic E-state index is -1.05. The molecule has 122 valence electrons. The molecule has 0 radical (unpaired) electrons. The van der Waals surface area contributed by atoms with Gasteiger partial charge in [0, 0.05) is 26.0 Å². The summed E-state index contributed by atoms with van der Waals surface area (Å²) in [5, 5.41) is 10.7. The quantitative estimate of drug-likeness (QED) is 0.244. The smallest absolute Gasteiger partial charge is 0.303 e. The molecule has 0 aliphatic rings. The number of ether oxygens (including phenoxy) is 2. The number of benzene rings is 1. The molecule has 0 aliphatic carbocycles. The molecule has 1 aromatic rings. The molecule has 0 aromatic heterocycles. The highest BCUT2D eigenvalue weighted by Gasteiger charge is 2.27. The van der Waals surface area contributed by atoms with Gasteiger partial charge in [-0.15, -0.1) is 0 Å². The molecular weight excluding hydrogens is 308 g/mol. The van der Waals surface area contributed by atoms with Crippen LogP contribution in [0.2, 0.25) is 0 Å². The second-order valence-electron chi connectivity index (χ2n) is 4.47. The van der Waals surface area contributed by atoms with Gasteiger partial charge in [0.25, 0.3) is 5.69 Å². The van der Waals surface area contributed by atoms with Crippen molar-refractivity contribution in [1.82, 2.24) is 0 Å². The van der Waals surface area contributed by atoms with Crippen molar-refractivity contribution in [3.63, 3.8) is 0 Å². The highest BCUT2D eigenvalue weighted by atomic mass is 16.6. The lowest BCUT2D eigenvalue weighted by molar-refractivity contribution is -0.384. The van der Waals surface area contributed by atoms with Crippen molar-refractivity contribution in [2.45, 2.75) is 26.0 Å². The number of aliphatic imine (C=N–C) groups is 1. The van der Waals surface area contributed by atoms with Gasteiger partial charge >= 0.3 is 11.9 Å². The van der Waals surface area contributed by atoms with Crippen LogP contribution in [0.3, 0.4) is 0 Å². The van der Waals surface area contributed by atoms with E-state index in [1.807, 2.05) is 0 Å². The van der Waals surface area contributed by atoms with Crippen LogP contribution in [0.25, 0.3) is 0 Å². The zero-order chi connectivity index (χ0) is 17.4. The van der Waals surface area contributed by atoms with Crippen molar-refractivity contribution in [3.8, 4) is 0 Å². The third-order valence-electron chi connectivity index (χ3n) is 2.75. The molecule has 0 heterocycles. The Morgan fingerprint density at radius 3 is 2.30 bits per heavy atom. The lowest BCUT2D eigenvalue weighted by Gasteiger charge is -2.22. The fraction of sp³-hybridized carbons (Fsp3) is 0.357. The fourth-order valence-electron chi connectivity index (χ4n) is 1.80. The molecule has 0 spiro atoms. The maximum absolute atomic E-state index is 11.3. The third kappa shape index (κ3) is 5.68. The molecular formula is C14H14N2O7. The number of nitro groups is 1. The Bertz CT molecular complexity index is 635. The molecule has 0 saturated carbocycles. The molecule has 0 fully saturated rings. The molecule has 9 nitrogen and oxygen atoms in total. The van der Waals surface area contributed by atoms with E-state index in [9.17, 15) is 24.5 Å². The second-order valence-corrected chi connectivity index (χ2v) is 4.47. The average molecular weight is 322 g/mol. The molecule has 2 atom stereocenters. The van der Waals surface area contributed by atoms with E-state index in [1.54, 1.807) is 0 Å². The Hall–Kier alpha value is -3.06. The van der Waals surface area contributed by atoms with Gasteiger partial charge in [-0.05, 0) is 17.7 Å². The summed E-state index contributed by atoms with van der Waals surface area (Å²) in [5.74, 6) is -1.25. The van der Waals surface area contributed by atoms with Crippen LogP contribution in [0, 0.1) is 10.1 Å². The van der Waals surface area contributed by atoms with Gasteiger partial charge in [0.05, 0.1) is 4.92 Å². The van der Waals surface area contributed by atoms with E-state index in [-0.39, 0.29) is 12.3 Å². The Morgan fingerprint density at radius 1 is 1.26 bits per heavy atom. The molecule has 1 rings (SSSR count). The van der Waals surface area contributed by atoms with E-state index in [0.717, 1.165) is 6.92 Å². The molecule has 0 amide bonds. The molecule has 9 heteroatoms. The number of hydrogen-bond donors (Lipinski definition) is 0. The van der Waals surface area contributed by atoms with Crippen LogP contribution in [0.5, 0.6) is 0 Å². The Morgan fingerprint density at radius 2 is 1.87 bits per heavy atom. The zero-order valence-corrected chi connectivity index (χ0v) is 12.4. The maximum atomic E-state index is 11.3. The normalized spacial score (nSPS) is 12.4. The molecule has 23 heavy (non-hydrogen) atoms. The average Bonchev–Trinajstić information content (AvgIpc) is 2.49. The number of carbonyl (C=O) groups excluding carboxylic acids is 3. The van der Waals surface area contributed by atoms with Crippen LogP contribution in [-0.4, -0.2) is 35.6 Å². The molecule has 0 aliphatic heterocycles. The summed E-state index contributed by atoms with van der Waals surface area (Å²) in [5.41, 5.74) is 0.215. The molecule has 0 N–H and O–H groups in total. The van der Waals surface area contributed by atoms with E-state index >= 15 is 0 Å². The summed E-state index contributed by atoms with van der Waals surface area (Å²) in [6, 6.07) is 4.17. The van der Waals surface area contributed by atoms with Crippen LogP contribution < -0.4 is 0 Å². The number of non-ortho nitro benzene ring substituents is 1. The predicted molar refractivity (Wildman–Crippen MR) is 76.1 cm³/mol. The standard InChI is InChI=1S/C14H14N2O7/c1-9(18)22-7-13(15-8-17)14(23-10(2)19)11-3-5-12(6-4-11)16(20)21/h3-6,13-14H,7H2,1-2H3/t13-,14-/m1/s1. The molecule has 0 bridgehead atoms. The number of isocyanates is 1. The van der Waals surface area contributed by atoms with Crippen molar-refractivity contribution in [1.29, 1.82) is 0 Å². The van der Waals surface area contributed by atoms with Crippen molar-refractivity contribution in [2.24, 2.45) is 4.99 Å². The number of nitrogens with zero attached hydrogens (tertiary/aromatic N) is 2. The summed E-state index contributed by atoms with van der Waals surface area (Å²) < 4.78 is 9.90. The lowest BCUT2D eigenvalue weighted by atomic mass is 10.0. The van der Waals surface area contributed by atoms with E-state index < -0.39 is 29.0 Å². The minimum Gasteiger partial charge on any atom is -0.463 e. The lowest BCUT2D eigenvalue weighted by Crippen LogP contribution is -2.27. The van der Waals surface area contributed by atoms with Gasteiger partial charge in [0.15, 0.2) is 6.10 Å². The Balaban J connectivity index is 3.13. The topological polar surface area (TPSA) is 125 Å². The van der Waals surface area contributed by atoms with Gasteiger partial charge in [0.1, 0.15) is 12.6 Å². The number of rotatable bonds is 7. The second kappa shape index (κ2) is 8.40. The van der Waals surface area contributed by atoms with Crippen LogP contribution >= 0.6 is 0 Å². The van der Waals surface area contributed by atoms with Gasteiger partial charge < -0.3 is 9.47 Å². The first-order valence-corrected chi connectivity index (χ1v) is 6.47. The Labute approximate surface area is 131 Å². The zero-order valence-electron chi connectivity index (χ0n) is 12.4. The molecule has 0 unspecified atom stereocenters. The largest absolute Gasteiger partial charge is 0.463 e. The van der Waals surface area contributed by atoms with E-state index in [2.05, 4.69) is 4.99 Å². The highest BCUT2D eigenvalue weighted by Crippen LogP contribution is 2.26. The molecule has 1 aromatic carbocycles. The van der Waals surface area contributed by atoms with Gasteiger partial charge in [-0.2, -0.15) is 4.99 Å². The van der Waals surface area contributed by atoms with E-state index in [1.165, 1.54) is 37.3 Å². The van der Waals surface area contributed by atoms with Gasteiger partial charge in [-0.3, -0.25) is 19.7 Å². The van der Waals surface area contributed by atoms with E-state index in [4.69, 9.17) is 9.47 Å². The number of esters is 2. The SMILES string of the molecule is CC(=O)OC[C@@H](N=C=O)[C@H](OC(C)=O)c1ccc([N+](=O)[O-])cc1. The summed E-state index contributed by atoms with van der Waals surface area (Å²) in [4.78, 5) is 46.3.